The lowest BCUT2D eigenvalue weighted by Crippen LogP contribution is -2.17. The van der Waals surface area contributed by atoms with Gasteiger partial charge in [0.05, 0.1) is 5.56 Å². The molecule has 0 atom stereocenters. The van der Waals surface area contributed by atoms with Crippen LogP contribution in [0.2, 0.25) is 0 Å². The molecule has 1 aromatic carbocycles. The summed E-state index contributed by atoms with van der Waals surface area (Å²) in [7, 11) is 0. The lowest BCUT2D eigenvalue weighted by Gasteiger charge is -2.05. The average Bonchev–Trinajstić information content (AvgIpc) is 2.28. The predicted octanol–water partition coefficient (Wildman–Crippen LogP) is 1.16. The molecule has 2 aromatic rings. The molecular weight excluding hydrogens is 216 g/mol. The van der Waals surface area contributed by atoms with Gasteiger partial charge in [-0.15, -0.1) is 0 Å². The molecule has 2 rings (SSSR count). The van der Waals surface area contributed by atoms with Gasteiger partial charge in [0.15, 0.2) is 0 Å². The first-order valence-corrected chi connectivity index (χ1v) is 5.36. The van der Waals surface area contributed by atoms with Gasteiger partial charge in [-0.05, 0) is 18.6 Å². The number of benzene rings is 1. The number of aromatic amines is 1. The first kappa shape index (κ1) is 11.2. The van der Waals surface area contributed by atoms with Crippen LogP contribution in [-0.2, 0) is 6.42 Å². The number of aromatic nitrogens is 2. The monoisotopic (exact) mass is 230 g/mol. The van der Waals surface area contributed by atoms with Crippen LogP contribution >= 0.6 is 0 Å². The van der Waals surface area contributed by atoms with Crippen molar-refractivity contribution in [2.45, 2.75) is 13.3 Å². The van der Waals surface area contributed by atoms with E-state index in [2.05, 4.69) is 9.97 Å². The van der Waals surface area contributed by atoms with Crippen molar-refractivity contribution < 1.29 is 0 Å². The van der Waals surface area contributed by atoms with Crippen LogP contribution in [0, 0.1) is 0 Å². The molecule has 88 valence electrons. The highest BCUT2D eigenvalue weighted by atomic mass is 16.1. The molecule has 17 heavy (non-hydrogen) atoms. The largest absolute Gasteiger partial charge is 0.399 e. The zero-order valence-electron chi connectivity index (χ0n) is 9.53. The quantitative estimate of drug-likeness (QED) is 0.674. The highest BCUT2D eigenvalue weighted by Crippen LogP contribution is 2.18. The van der Waals surface area contributed by atoms with Crippen LogP contribution in [0.25, 0.3) is 11.4 Å². The maximum atomic E-state index is 11.7. The first-order chi connectivity index (χ1) is 8.11. The van der Waals surface area contributed by atoms with Gasteiger partial charge in [0, 0.05) is 11.3 Å². The van der Waals surface area contributed by atoms with Crippen LogP contribution in [0.1, 0.15) is 12.5 Å². The average molecular weight is 230 g/mol. The summed E-state index contributed by atoms with van der Waals surface area (Å²) >= 11 is 0. The molecule has 1 heterocycles. The molecule has 0 spiro atoms. The topological polar surface area (TPSA) is 97.8 Å². The number of hydrogen-bond acceptors (Lipinski definition) is 4. The van der Waals surface area contributed by atoms with Crippen molar-refractivity contribution >= 4 is 11.5 Å². The summed E-state index contributed by atoms with van der Waals surface area (Å²) in [6.07, 6.45) is 0.561. The van der Waals surface area contributed by atoms with Gasteiger partial charge in [0.2, 0.25) is 0 Å². The maximum Gasteiger partial charge on any atom is 0.256 e. The molecule has 0 radical (unpaired) electrons. The molecule has 0 amide bonds. The molecule has 0 fully saturated rings. The number of nitrogens with zero attached hydrogens (tertiary/aromatic N) is 1. The van der Waals surface area contributed by atoms with Crippen LogP contribution in [0.15, 0.2) is 29.1 Å². The van der Waals surface area contributed by atoms with Gasteiger partial charge in [-0.25, -0.2) is 4.98 Å². The van der Waals surface area contributed by atoms with Gasteiger partial charge in [0.25, 0.3) is 5.56 Å². The van der Waals surface area contributed by atoms with Crippen molar-refractivity contribution in [3.63, 3.8) is 0 Å². The normalized spacial score (nSPS) is 10.4. The van der Waals surface area contributed by atoms with Gasteiger partial charge >= 0.3 is 0 Å². The third kappa shape index (κ3) is 2.13. The molecule has 5 heteroatoms. The third-order valence-corrected chi connectivity index (χ3v) is 2.56. The molecule has 0 aliphatic rings. The number of rotatable bonds is 2. The smallest absolute Gasteiger partial charge is 0.256 e. The van der Waals surface area contributed by atoms with Crippen molar-refractivity contribution in [3.05, 3.63) is 40.2 Å². The number of nitrogen functional groups attached to an aromatic ring is 2. The van der Waals surface area contributed by atoms with E-state index in [-0.39, 0.29) is 11.4 Å². The Labute approximate surface area is 98.5 Å². The Morgan fingerprint density at radius 1 is 1.35 bits per heavy atom. The number of nitrogens with two attached hydrogens (primary N) is 2. The van der Waals surface area contributed by atoms with Crippen LogP contribution in [0.4, 0.5) is 11.5 Å². The molecule has 5 N–H and O–H groups in total. The predicted molar refractivity (Wildman–Crippen MR) is 68.5 cm³/mol. The van der Waals surface area contributed by atoms with Gasteiger partial charge in [0.1, 0.15) is 11.6 Å². The molecular formula is C12H14N4O. The summed E-state index contributed by atoms with van der Waals surface area (Å²) < 4.78 is 0. The van der Waals surface area contributed by atoms with E-state index in [1.165, 1.54) is 0 Å². The van der Waals surface area contributed by atoms with Crippen LogP contribution < -0.4 is 17.0 Å². The Balaban J connectivity index is 2.58. The first-order valence-electron chi connectivity index (χ1n) is 5.36. The van der Waals surface area contributed by atoms with Gasteiger partial charge < -0.3 is 16.5 Å². The van der Waals surface area contributed by atoms with E-state index in [0.717, 1.165) is 5.56 Å². The van der Waals surface area contributed by atoms with Crippen molar-refractivity contribution in [3.8, 4) is 11.4 Å². The molecule has 0 aliphatic carbocycles. The second-order valence-corrected chi connectivity index (χ2v) is 3.76. The third-order valence-electron chi connectivity index (χ3n) is 2.56. The molecule has 0 bridgehead atoms. The van der Waals surface area contributed by atoms with E-state index in [1.54, 1.807) is 18.2 Å². The Kier molecular flexibility index (Phi) is 2.82. The number of anilines is 2. The summed E-state index contributed by atoms with van der Waals surface area (Å²) in [4.78, 5) is 18.6. The fraction of sp³-hybridized carbons (Fsp3) is 0.167. The molecule has 1 aromatic heterocycles. The number of hydrogen-bond donors (Lipinski definition) is 3. The summed E-state index contributed by atoms with van der Waals surface area (Å²) in [6.45, 7) is 1.86. The standard InChI is InChI=1S/C12H14N4O/c1-2-9-10(14)15-11(16-12(9)17)7-4-3-5-8(13)6-7/h3-6H,2,13H2,1H3,(H3,14,15,16,17). The van der Waals surface area contributed by atoms with Crippen LogP contribution in [0.5, 0.6) is 0 Å². The summed E-state index contributed by atoms with van der Waals surface area (Å²) in [6, 6.07) is 7.13. The summed E-state index contributed by atoms with van der Waals surface area (Å²) in [5, 5.41) is 0. The second kappa shape index (κ2) is 4.29. The van der Waals surface area contributed by atoms with Crippen molar-refractivity contribution in [1.82, 2.24) is 9.97 Å². The van der Waals surface area contributed by atoms with Crippen molar-refractivity contribution in [1.29, 1.82) is 0 Å². The van der Waals surface area contributed by atoms with Gasteiger partial charge in [-0.1, -0.05) is 19.1 Å². The van der Waals surface area contributed by atoms with E-state index in [9.17, 15) is 4.79 Å². The highest BCUT2D eigenvalue weighted by molar-refractivity contribution is 5.62. The zero-order chi connectivity index (χ0) is 12.4. The highest BCUT2D eigenvalue weighted by Gasteiger charge is 2.08. The SMILES string of the molecule is CCc1c(N)nc(-c2cccc(N)c2)[nH]c1=O. The van der Waals surface area contributed by atoms with Gasteiger partial charge in [-0.2, -0.15) is 0 Å². The Morgan fingerprint density at radius 2 is 2.12 bits per heavy atom. The Bertz CT molecular complexity index is 604. The number of H-pyrrole nitrogens is 1. The maximum absolute atomic E-state index is 11.7. The van der Waals surface area contributed by atoms with E-state index in [4.69, 9.17) is 11.5 Å². The minimum Gasteiger partial charge on any atom is -0.399 e. The molecule has 5 nitrogen and oxygen atoms in total. The van der Waals surface area contributed by atoms with Crippen molar-refractivity contribution in [2.75, 3.05) is 11.5 Å². The lowest BCUT2D eigenvalue weighted by atomic mass is 10.1. The van der Waals surface area contributed by atoms with E-state index < -0.39 is 0 Å². The van der Waals surface area contributed by atoms with E-state index in [0.29, 0.717) is 23.5 Å². The second-order valence-electron chi connectivity index (χ2n) is 3.76. The van der Waals surface area contributed by atoms with Crippen molar-refractivity contribution in [2.24, 2.45) is 0 Å². The molecule has 0 unspecified atom stereocenters. The lowest BCUT2D eigenvalue weighted by molar-refractivity contribution is 1.02. The minimum absolute atomic E-state index is 0.197. The zero-order valence-corrected chi connectivity index (χ0v) is 9.53. The van der Waals surface area contributed by atoms with Crippen LogP contribution in [-0.4, -0.2) is 9.97 Å². The number of nitrogens with one attached hydrogen (secondary N) is 1. The Morgan fingerprint density at radius 3 is 2.71 bits per heavy atom. The summed E-state index contributed by atoms with van der Waals surface area (Å²) in [5.74, 6) is 0.714. The Hall–Kier alpha value is -2.30. The fourth-order valence-corrected chi connectivity index (χ4v) is 1.68. The summed E-state index contributed by atoms with van der Waals surface area (Å²) in [5.41, 5.74) is 13.1. The molecule has 0 saturated carbocycles. The van der Waals surface area contributed by atoms with Gasteiger partial charge in [-0.3, -0.25) is 4.79 Å². The fourth-order valence-electron chi connectivity index (χ4n) is 1.68. The molecule has 0 saturated heterocycles. The minimum atomic E-state index is -0.197. The van der Waals surface area contributed by atoms with Crippen LogP contribution in [0.3, 0.4) is 0 Å². The van der Waals surface area contributed by atoms with E-state index >= 15 is 0 Å². The van der Waals surface area contributed by atoms with E-state index in [1.807, 2.05) is 13.0 Å². The molecule has 0 aliphatic heterocycles.